The van der Waals surface area contributed by atoms with Gasteiger partial charge in [0, 0.05) is 41.4 Å². The van der Waals surface area contributed by atoms with Gasteiger partial charge in [-0.3, -0.25) is 5.41 Å². The van der Waals surface area contributed by atoms with Crippen LogP contribution in [0, 0.1) is 5.41 Å². The molecular weight excluding hydrogens is 446 g/mol. The van der Waals surface area contributed by atoms with E-state index in [0.717, 1.165) is 30.1 Å². The van der Waals surface area contributed by atoms with E-state index in [9.17, 15) is 0 Å². The van der Waals surface area contributed by atoms with Crippen LogP contribution < -0.4 is 27.8 Å². The van der Waals surface area contributed by atoms with Crippen LogP contribution in [-0.4, -0.2) is 30.3 Å². The van der Waals surface area contributed by atoms with E-state index in [0.29, 0.717) is 28.9 Å². The van der Waals surface area contributed by atoms with Crippen LogP contribution in [0.3, 0.4) is 0 Å². The Bertz CT molecular complexity index is 1050. The predicted octanol–water partition coefficient (Wildman–Crippen LogP) is 4.74. The molecule has 0 radical (unpaired) electrons. The molecule has 1 aromatic carbocycles. The van der Waals surface area contributed by atoms with Gasteiger partial charge in [0.2, 0.25) is 0 Å². The highest BCUT2D eigenvalue weighted by Gasteiger charge is 2.16. The number of anilines is 2. The molecule has 0 saturated heterocycles. The Hall–Kier alpha value is -3.58. The molecule has 0 atom stereocenters. The maximum Gasteiger partial charge on any atom is 0.134 e. The van der Waals surface area contributed by atoms with Crippen molar-refractivity contribution >= 4 is 22.9 Å². The van der Waals surface area contributed by atoms with Gasteiger partial charge in [-0.1, -0.05) is 75.8 Å². The Balaban J connectivity index is 0.000000346. The maximum absolute atomic E-state index is 8.49. The number of nitrogens with one attached hydrogen (secondary N) is 3. The fraction of sp³-hybridized carbons (Fsp3) is 0.379. The monoisotopic (exact) mass is 489 g/mol. The molecule has 0 amide bonds. The van der Waals surface area contributed by atoms with Crippen LogP contribution in [0.15, 0.2) is 61.5 Å². The quantitative estimate of drug-likeness (QED) is 0.210. The summed E-state index contributed by atoms with van der Waals surface area (Å²) in [7, 11) is 1.88. The van der Waals surface area contributed by atoms with Crippen molar-refractivity contribution in [1.82, 2.24) is 15.6 Å². The molecule has 7 heteroatoms. The third kappa shape index (κ3) is 8.57. The molecule has 1 fully saturated rings. The number of nitrogens with two attached hydrogens (primary N) is 3. The van der Waals surface area contributed by atoms with Gasteiger partial charge in [0.05, 0.1) is 11.3 Å². The first-order valence-electron chi connectivity index (χ1n) is 12.7. The zero-order chi connectivity index (χ0) is 26.5. The standard InChI is InChI=1S/C19H24N6.C10H19N/c1-12(20)13-6-8-14(9-7-13)17(21)16-18(22)15(11-25-19(16)23)5-3-4-10-24-2;1-3-9(2)11-10-7-5-4-6-8-10/h3-4,6-9,11,21,24H,1,5,10,20H2,2H3,(H4,22,23,25);10-11H,2-8H2,1H3/b4-3+,21-17?;. The minimum Gasteiger partial charge on any atom is -0.399 e. The molecule has 0 unspecified atom stereocenters. The van der Waals surface area contributed by atoms with Crippen molar-refractivity contribution in [2.75, 3.05) is 25.1 Å². The molecule has 1 saturated carbocycles. The van der Waals surface area contributed by atoms with Crippen molar-refractivity contribution in [1.29, 1.82) is 5.41 Å². The van der Waals surface area contributed by atoms with Gasteiger partial charge >= 0.3 is 0 Å². The van der Waals surface area contributed by atoms with Gasteiger partial charge in [-0.05, 0) is 43.9 Å². The topological polar surface area (TPSA) is 139 Å². The Morgan fingerprint density at radius 2 is 1.72 bits per heavy atom. The summed E-state index contributed by atoms with van der Waals surface area (Å²) >= 11 is 0. The number of hydrogen-bond donors (Lipinski definition) is 6. The maximum atomic E-state index is 8.49. The van der Waals surface area contributed by atoms with Gasteiger partial charge in [-0.2, -0.15) is 0 Å². The number of pyridine rings is 1. The molecule has 0 aliphatic heterocycles. The summed E-state index contributed by atoms with van der Waals surface area (Å²) in [5.41, 5.74) is 23.1. The Morgan fingerprint density at radius 1 is 1.08 bits per heavy atom. The summed E-state index contributed by atoms with van der Waals surface area (Å²) < 4.78 is 0. The molecule has 3 rings (SSSR count). The van der Waals surface area contributed by atoms with Crippen molar-refractivity contribution in [2.24, 2.45) is 5.73 Å². The fourth-order valence-electron chi connectivity index (χ4n) is 4.05. The first-order chi connectivity index (χ1) is 17.3. The summed E-state index contributed by atoms with van der Waals surface area (Å²) in [5, 5.41) is 15.0. The molecule has 1 aliphatic carbocycles. The summed E-state index contributed by atoms with van der Waals surface area (Å²) in [6.07, 6.45) is 14.3. The third-order valence-electron chi connectivity index (χ3n) is 6.29. The molecule has 1 aliphatic rings. The van der Waals surface area contributed by atoms with Gasteiger partial charge < -0.3 is 27.8 Å². The average Bonchev–Trinajstić information content (AvgIpc) is 2.88. The number of allylic oxidation sites excluding steroid dienone is 2. The zero-order valence-electron chi connectivity index (χ0n) is 21.9. The predicted molar refractivity (Wildman–Crippen MR) is 155 cm³/mol. The van der Waals surface area contributed by atoms with E-state index < -0.39 is 0 Å². The first-order valence-corrected chi connectivity index (χ1v) is 12.7. The Labute approximate surface area is 216 Å². The van der Waals surface area contributed by atoms with E-state index in [1.54, 1.807) is 18.3 Å². The van der Waals surface area contributed by atoms with Gasteiger partial charge in [0.1, 0.15) is 5.82 Å². The van der Waals surface area contributed by atoms with E-state index in [4.69, 9.17) is 22.6 Å². The second-order valence-corrected chi connectivity index (χ2v) is 9.10. The first kappa shape index (κ1) is 28.7. The van der Waals surface area contributed by atoms with Gasteiger partial charge in [-0.25, -0.2) is 4.98 Å². The second-order valence-electron chi connectivity index (χ2n) is 9.10. The van der Waals surface area contributed by atoms with Crippen molar-refractivity contribution in [3.8, 4) is 0 Å². The minimum atomic E-state index is 0.234. The normalized spacial score (nSPS) is 13.6. The number of likely N-dealkylation sites (N-methyl/N-ethyl adjacent to an activating group) is 1. The SMILES string of the molecule is C=C(CC)NC1CCCCC1.C=C(N)c1ccc(C(=N)c2c(N)ncc(C/C=C/CNC)c2N)cc1. The molecule has 0 spiro atoms. The van der Waals surface area contributed by atoms with E-state index in [2.05, 4.69) is 35.7 Å². The number of benzene rings is 1. The largest absolute Gasteiger partial charge is 0.399 e. The molecule has 1 heterocycles. The number of aromatic nitrogens is 1. The number of nitrogens with zero attached hydrogens (tertiary/aromatic N) is 1. The Morgan fingerprint density at radius 3 is 2.31 bits per heavy atom. The van der Waals surface area contributed by atoms with Crippen LogP contribution >= 0.6 is 0 Å². The fourth-order valence-corrected chi connectivity index (χ4v) is 4.05. The number of hydrogen-bond acceptors (Lipinski definition) is 7. The van der Waals surface area contributed by atoms with Gasteiger partial charge in [0.15, 0.2) is 0 Å². The van der Waals surface area contributed by atoms with E-state index in [1.807, 2.05) is 31.3 Å². The molecule has 0 bridgehead atoms. The summed E-state index contributed by atoms with van der Waals surface area (Å²) in [6, 6.07) is 7.96. The van der Waals surface area contributed by atoms with Crippen molar-refractivity contribution < 1.29 is 0 Å². The summed E-state index contributed by atoms with van der Waals surface area (Å²) in [6.45, 7) is 10.6. The zero-order valence-corrected chi connectivity index (χ0v) is 21.9. The van der Waals surface area contributed by atoms with E-state index in [-0.39, 0.29) is 11.5 Å². The molecule has 9 N–H and O–H groups in total. The van der Waals surface area contributed by atoms with Crippen LogP contribution in [0.1, 0.15) is 67.7 Å². The van der Waals surface area contributed by atoms with Crippen LogP contribution in [0.4, 0.5) is 11.5 Å². The lowest BCUT2D eigenvalue weighted by Gasteiger charge is -2.24. The summed E-state index contributed by atoms with van der Waals surface area (Å²) in [4.78, 5) is 4.20. The van der Waals surface area contributed by atoms with Crippen LogP contribution in [-0.2, 0) is 6.42 Å². The summed E-state index contributed by atoms with van der Waals surface area (Å²) in [5.74, 6) is 0.248. The lowest BCUT2D eigenvalue weighted by atomic mass is 9.95. The molecule has 36 heavy (non-hydrogen) atoms. The van der Waals surface area contributed by atoms with Crippen LogP contribution in [0.2, 0.25) is 0 Å². The minimum absolute atomic E-state index is 0.234. The molecule has 2 aromatic rings. The molecule has 194 valence electrons. The highest BCUT2D eigenvalue weighted by Crippen LogP contribution is 2.26. The van der Waals surface area contributed by atoms with Crippen LogP contribution in [0.5, 0.6) is 0 Å². The molecular formula is C29H43N7. The highest BCUT2D eigenvalue weighted by atomic mass is 14.9. The Kier molecular flexibility index (Phi) is 11.7. The van der Waals surface area contributed by atoms with E-state index >= 15 is 0 Å². The third-order valence-corrected chi connectivity index (χ3v) is 6.29. The molecule has 1 aromatic heterocycles. The lowest BCUT2D eigenvalue weighted by Crippen LogP contribution is -2.29. The van der Waals surface area contributed by atoms with Crippen molar-refractivity contribution in [3.05, 3.63) is 83.7 Å². The molecule has 7 nitrogen and oxygen atoms in total. The lowest BCUT2D eigenvalue weighted by molar-refractivity contribution is 0.394. The smallest absolute Gasteiger partial charge is 0.134 e. The highest BCUT2D eigenvalue weighted by molar-refractivity contribution is 6.16. The number of rotatable bonds is 10. The van der Waals surface area contributed by atoms with E-state index in [1.165, 1.54) is 37.8 Å². The van der Waals surface area contributed by atoms with Crippen molar-refractivity contribution in [3.63, 3.8) is 0 Å². The number of nitrogen functional groups attached to an aromatic ring is 2. The van der Waals surface area contributed by atoms with Gasteiger partial charge in [-0.15, -0.1) is 0 Å². The average molecular weight is 490 g/mol. The van der Waals surface area contributed by atoms with Crippen molar-refractivity contribution in [2.45, 2.75) is 57.9 Å². The van der Waals surface area contributed by atoms with Crippen LogP contribution in [0.25, 0.3) is 5.70 Å². The second kappa shape index (κ2) is 14.7. The van der Waals surface area contributed by atoms with Gasteiger partial charge in [0.25, 0.3) is 0 Å².